The molecule has 18 heavy (non-hydrogen) atoms. The number of benzene rings is 1. The third kappa shape index (κ3) is 2.67. The number of nitrogen functional groups attached to an aromatic ring is 1. The van der Waals surface area contributed by atoms with Crippen LogP contribution < -0.4 is 10.5 Å². The van der Waals surface area contributed by atoms with Crippen LogP contribution in [0.25, 0.3) is 0 Å². The van der Waals surface area contributed by atoms with E-state index in [-0.39, 0.29) is 16.2 Å². The van der Waals surface area contributed by atoms with Gasteiger partial charge in [0.1, 0.15) is 4.90 Å². The maximum absolute atomic E-state index is 13.8. The molecule has 0 spiro atoms. The van der Waals surface area contributed by atoms with Crippen LogP contribution in [0.3, 0.4) is 0 Å². The quantitative estimate of drug-likeness (QED) is 0.831. The van der Waals surface area contributed by atoms with Gasteiger partial charge in [0.25, 0.3) is 0 Å². The average Bonchev–Trinajstić information content (AvgIpc) is 2.20. The zero-order valence-electron chi connectivity index (χ0n) is 9.78. The van der Waals surface area contributed by atoms with Gasteiger partial charge in [-0.05, 0) is 46.8 Å². The van der Waals surface area contributed by atoms with Gasteiger partial charge in [0.15, 0.2) is 5.82 Å². The molecule has 0 aliphatic heterocycles. The van der Waals surface area contributed by atoms with Gasteiger partial charge in [0, 0.05) is 11.7 Å². The van der Waals surface area contributed by atoms with Gasteiger partial charge < -0.3 is 5.73 Å². The van der Waals surface area contributed by atoms with Crippen LogP contribution in [0.5, 0.6) is 0 Å². The monoisotopic (exact) mass is 336 g/mol. The molecule has 1 aromatic rings. The maximum Gasteiger partial charge on any atom is 0.243 e. The summed E-state index contributed by atoms with van der Waals surface area (Å²) in [6.45, 7) is 2.04. The summed E-state index contributed by atoms with van der Waals surface area (Å²) in [6.07, 6.45) is 1.56. The molecule has 0 atom stereocenters. The zero-order valence-corrected chi connectivity index (χ0v) is 12.2. The lowest BCUT2D eigenvalue weighted by molar-refractivity contribution is 0.270. The Morgan fingerprint density at radius 2 is 2.06 bits per heavy atom. The molecule has 2 rings (SSSR count). The second kappa shape index (κ2) is 4.79. The molecule has 7 heteroatoms. The SMILES string of the molecule is CC1CC(NS(=O)(=O)c2cc(N)cc(Br)c2F)C1. The lowest BCUT2D eigenvalue weighted by atomic mass is 9.83. The van der Waals surface area contributed by atoms with E-state index in [0.29, 0.717) is 5.92 Å². The minimum atomic E-state index is -3.85. The van der Waals surface area contributed by atoms with E-state index in [4.69, 9.17) is 5.73 Å². The minimum absolute atomic E-state index is 0.0462. The van der Waals surface area contributed by atoms with E-state index in [1.807, 2.05) is 6.92 Å². The van der Waals surface area contributed by atoms with E-state index in [1.54, 1.807) is 0 Å². The van der Waals surface area contributed by atoms with Crippen LogP contribution in [-0.2, 0) is 10.0 Å². The predicted octanol–water partition coefficient (Wildman–Crippen LogP) is 2.25. The fraction of sp³-hybridized carbons (Fsp3) is 0.455. The van der Waals surface area contributed by atoms with Crippen molar-refractivity contribution in [3.05, 3.63) is 22.4 Å². The molecule has 100 valence electrons. The van der Waals surface area contributed by atoms with Crippen LogP contribution in [-0.4, -0.2) is 14.5 Å². The van der Waals surface area contributed by atoms with Gasteiger partial charge in [0.05, 0.1) is 4.47 Å². The van der Waals surface area contributed by atoms with Crippen LogP contribution in [0.4, 0.5) is 10.1 Å². The number of anilines is 1. The molecule has 0 aromatic heterocycles. The predicted molar refractivity (Wildman–Crippen MR) is 71.0 cm³/mol. The summed E-state index contributed by atoms with van der Waals surface area (Å²) in [4.78, 5) is -0.408. The first-order valence-electron chi connectivity index (χ1n) is 5.56. The van der Waals surface area contributed by atoms with E-state index in [9.17, 15) is 12.8 Å². The molecule has 3 N–H and O–H groups in total. The van der Waals surface area contributed by atoms with Gasteiger partial charge in [-0.1, -0.05) is 6.92 Å². The fourth-order valence-corrected chi connectivity index (χ4v) is 4.07. The minimum Gasteiger partial charge on any atom is -0.399 e. The summed E-state index contributed by atoms with van der Waals surface area (Å²) < 4.78 is 40.4. The highest BCUT2D eigenvalue weighted by atomic mass is 79.9. The van der Waals surface area contributed by atoms with E-state index < -0.39 is 20.7 Å². The van der Waals surface area contributed by atoms with Crippen molar-refractivity contribution in [3.63, 3.8) is 0 Å². The molecule has 1 saturated carbocycles. The molecule has 0 heterocycles. The number of sulfonamides is 1. The highest BCUT2D eigenvalue weighted by Gasteiger charge is 2.31. The molecule has 1 aromatic carbocycles. The summed E-state index contributed by atoms with van der Waals surface area (Å²) in [5.74, 6) is -0.306. The lowest BCUT2D eigenvalue weighted by Crippen LogP contribution is -2.43. The van der Waals surface area contributed by atoms with Crippen LogP contribution in [0.2, 0.25) is 0 Å². The van der Waals surface area contributed by atoms with Gasteiger partial charge in [-0.15, -0.1) is 0 Å². The van der Waals surface area contributed by atoms with E-state index in [1.165, 1.54) is 6.07 Å². The Morgan fingerprint density at radius 1 is 1.44 bits per heavy atom. The van der Waals surface area contributed by atoms with Gasteiger partial charge in [-0.2, -0.15) is 0 Å². The first kappa shape index (κ1) is 13.8. The molecular formula is C11H14BrFN2O2S. The first-order chi connectivity index (χ1) is 8.29. The molecule has 1 fully saturated rings. The molecule has 1 aliphatic rings. The molecule has 0 bridgehead atoms. The highest BCUT2D eigenvalue weighted by molar-refractivity contribution is 9.10. The third-order valence-electron chi connectivity index (χ3n) is 3.00. The van der Waals surface area contributed by atoms with Crippen LogP contribution >= 0.6 is 15.9 Å². The fourth-order valence-electron chi connectivity index (χ4n) is 2.06. The largest absolute Gasteiger partial charge is 0.399 e. The number of halogens is 2. The van der Waals surface area contributed by atoms with Crippen molar-refractivity contribution in [1.82, 2.24) is 4.72 Å². The summed E-state index contributed by atoms with van der Waals surface area (Å²) in [6, 6.07) is 2.36. The van der Waals surface area contributed by atoms with Gasteiger partial charge in [-0.3, -0.25) is 0 Å². The molecule has 0 unspecified atom stereocenters. The van der Waals surface area contributed by atoms with Crippen molar-refractivity contribution >= 4 is 31.6 Å². The van der Waals surface area contributed by atoms with Crippen molar-refractivity contribution in [3.8, 4) is 0 Å². The number of rotatable bonds is 3. The Balaban J connectivity index is 2.29. The Hall–Kier alpha value is -0.660. The highest BCUT2D eigenvalue weighted by Crippen LogP contribution is 2.30. The number of hydrogen-bond donors (Lipinski definition) is 2. The summed E-state index contributed by atoms with van der Waals surface area (Å²) >= 11 is 2.95. The van der Waals surface area contributed by atoms with Gasteiger partial charge in [0.2, 0.25) is 10.0 Å². The van der Waals surface area contributed by atoms with E-state index >= 15 is 0 Å². The molecule has 1 aliphatic carbocycles. The number of hydrogen-bond acceptors (Lipinski definition) is 3. The maximum atomic E-state index is 13.8. The normalized spacial score (nSPS) is 23.7. The average molecular weight is 337 g/mol. The Labute approximate surface area is 114 Å². The molecule has 4 nitrogen and oxygen atoms in total. The summed E-state index contributed by atoms with van der Waals surface area (Å²) in [7, 11) is -3.85. The zero-order chi connectivity index (χ0) is 13.5. The number of nitrogens with one attached hydrogen (secondary N) is 1. The Morgan fingerprint density at radius 3 is 2.61 bits per heavy atom. The van der Waals surface area contributed by atoms with Crippen molar-refractivity contribution in [1.29, 1.82) is 0 Å². The van der Waals surface area contributed by atoms with Gasteiger partial charge in [-0.25, -0.2) is 17.5 Å². The van der Waals surface area contributed by atoms with Crippen LogP contribution in [0.1, 0.15) is 19.8 Å². The van der Waals surface area contributed by atoms with E-state index in [2.05, 4.69) is 20.7 Å². The molecular weight excluding hydrogens is 323 g/mol. The molecule has 0 amide bonds. The lowest BCUT2D eigenvalue weighted by Gasteiger charge is -2.32. The topological polar surface area (TPSA) is 72.2 Å². The van der Waals surface area contributed by atoms with Gasteiger partial charge >= 0.3 is 0 Å². The smallest absolute Gasteiger partial charge is 0.243 e. The Kier molecular flexibility index (Phi) is 3.66. The second-order valence-electron chi connectivity index (χ2n) is 4.71. The first-order valence-corrected chi connectivity index (χ1v) is 7.84. The van der Waals surface area contributed by atoms with Crippen molar-refractivity contribution < 1.29 is 12.8 Å². The molecule has 0 radical (unpaired) electrons. The second-order valence-corrected chi connectivity index (χ2v) is 7.25. The van der Waals surface area contributed by atoms with E-state index in [0.717, 1.165) is 18.9 Å². The Bertz CT molecular complexity index is 571. The molecule has 0 saturated heterocycles. The van der Waals surface area contributed by atoms with Crippen molar-refractivity contribution in [2.45, 2.75) is 30.7 Å². The number of nitrogens with two attached hydrogens (primary N) is 1. The van der Waals surface area contributed by atoms with Crippen molar-refractivity contribution in [2.24, 2.45) is 5.92 Å². The summed E-state index contributed by atoms with van der Waals surface area (Å²) in [5.41, 5.74) is 5.74. The third-order valence-corrected chi connectivity index (χ3v) is 5.10. The summed E-state index contributed by atoms with van der Waals surface area (Å²) in [5, 5.41) is 0. The van der Waals surface area contributed by atoms with Crippen LogP contribution in [0.15, 0.2) is 21.5 Å². The van der Waals surface area contributed by atoms with Crippen LogP contribution in [0, 0.1) is 11.7 Å². The standard InChI is InChI=1S/C11H14BrFN2O2S/c1-6-2-8(3-6)15-18(16,17)10-5-7(14)4-9(12)11(10)13/h4-6,8,15H,2-3,14H2,1H3. The van der Waals surface area contributed by atoms with Crippen molar-refractivity contribution in [2.75, 3.05) is 5.73 Å².